The first-order valence-corrected chi connectivity index (χ1v) is 17.9. The molecule has 0 spiro atoms. The van der Waals surface area contributed by atoms with Crippen LogP contribution < -0.4 is 16.6 Å². The Morgan fingerprint density at radius 3 is 2.06 bits per heavy atom. The average molecular weight is 792 g/mol. The molecule has 1 saturated heterocycles. The third-order valence-electron chi connectivity index (χ3n) is 7.20. The lowest BCUT2D eigenvalue weighted by atomic mass is 9.92. The van der Waals surface area contributed by atoms with Crippen LogP contribution in [0.4, 0.5) is 18.8 Å². The number of phosphoric acid groups is 1. The second-order valence-electron chi connectivity index (χ2n) is 12.2. The smallest absolute Gasteiger partial charge is 0.457 e. The summed E-state index contributed by atoms with van der Waals surface area (Å²) in [6.07, 6.45) is -6.66. The molecule has 22 heteroatoms. The molecule has 0 saturated carbocycles. The minimum absolute atomic E-state index is 0.113. The molecule has 1 aromatic heterocycles. The summed E-state index contributed by atoms with van der Waals surface area (Å²) in [7, 11) is -5.01. The van der Waals surface area contributed by atoms with Crippen LogP contribution in [-0.2, 0) is 62.7 Å². The number of esters is 1. The van der Waals surface area contributed by atoms with E-state index in [0.29, 0.717) is 5.56 Å². The molecular weight excluding hydrogens is 748 g/mol. The van der Waals surface area contributed by atoms with Crippen molar-refractivity contribution in [3.05, 3.63) is 69.0 Å². The molecule has 2 heterocycles. The number of alkyl halides is 1. The van der Waals surface area contributed by atoms with Crippen molar-refractivity contribution in [3.63, 3.8) is 0 Å². The van der Waals surface area contributed by atoms with Crippen molar-refractivity contribution in [2.24, 2.45) is 5.92 Å². The Hall–Kier alpha value is -4.82. The first-order chi connectivity index (χ1) is 25.5. The molecule has 1 aromatic carbocycles. The van der Waals surface area contributed by atoms with Gasteiger partial charge in [-0.1, -0.05) is 37.3 Å². The molecule has 0 aliphatic carbocycles. The molecule has 1 amide bonds. The fourth-order valence-corrected chi connectivity index (χ4v) is 5.68. The van der Waals surface area contributed by atoms with E-state index in [-0.39, 0.29) is 6.61 Å². The number of nitrogens with one attached hydrogen (secondary N) is 2. The molecule has 2 aromatic rings. The van der Waals surface area contributed by atoms with Gasteiger partial charge in [0.25, 0.3) is 5.56 Å². The van der Waals surface area contributed by atoms with Crippen molar-refractivity contribution >= 4 is 32.2 Å². The lowest BCUT2D eigenvalue weighted by Crippen LogP contribution is -2.51. The number of nitrogens with zero attached hydrogens (tertiary/aromatic N) is 1. The van der Waals surface area contributed by atoms with Gasteiger partial charge in [0, 0.05) is 18.2 Å². The normalized spacial score (nSPS) is 20.2. The average Bonchev–Trinajstić information content (AvgIpc) is 3.36. The SMILES string of the molecule is CC(C)OC(=O)OCOP(=O)(OCOC(=O)OC(C)C)OC[C@@]1(CF)O[C@@H](n2ccc(=O)[nH]c2=O)[C@@H](C)[C@@H]1OC(=O)[C@H](C)NC(=O)OCc1ccccc1. The third kappa shape index (κ3) is 12.9. The Labute approximate surface area is 308 Å². The molecule has 3 rings (SSSR count). The molecule has 1 fully saturated rings. The quantitative estimate of drug-likeness (QED) is 0.0943. The molecule has 300 valence electrons. The van der Waals surface area contributed by atoms with Crippen LogP contribution in [0, 0.1) is 5.92 Å². The number of hydrogen-bond acceptors (Lipinski definition) is 17. The zero-order valence-electron chi connectivity index (χ0n) is 30.3. The van der Waals surface area contributed by atoms with Gasteiger partial charge in [-0.2, -0.15) is 0 Å². The minimum Gasteiger partial charge on any atom is -0.457 e. The highest BCUT2D eigenvalue weighted by Crippen LogP contribution is 2.52. The molecule has 20 nitrogen and oxygen atoms in total. The minimum atomic E-state index is -5.01. The Balaban J connectivity index is 1.85. The number of halogens is 1. The predicted octanol–water partition coefficient (Wildman–Crippen LogP) is 3.83. The maximum absolute atomic E-state index is 15.3. The summed E-state index contributed by atoms with van der Waals surface area (Å²) in [5.41, 5.74) is -3.44. The van der Waals surface area contributed by atoms with E-state index in [1.54, 1.807) is 30.3 Å². The van der Waals surface area contributed by atoms with Gasteiger partial charge in [-0.15, -0.1) is 0 Å². The van der Waals surface area contributed by atoms with Crippen LogP contribution in [0.2, 0.25) is 0 Å². The highest BCUT2D eigenvalue weighted by Gasteiger charge is 2.58. The number of rotatable bonds is 18. The molecule has 0 unspecified atom stereocenters. The number of amides is 1. The number of phosphoric ester groups is 1. The molecule has 0 bridgehead atoms. The van der Waals surface area contributed by atoms with E-state index in [1.165, 1.54) is 41.5 Å². The van der Waals surface area contributed by atoms with Crippen molar-refractivity contribution < 1.29 is 74.9 Å². The summed E-state index contributed by atoms with van der Waals surface area (Å²) in [5.74, 6) is -2.21. The largest absolute Gasteiger partial charge is 0.510 e. The molecule has 1 aliphatic heterocycles. The van der Waals surface area contributed by atoms with Gasteiger partial charge in [-0.25, -0.2) is 42.0 Å². The van der Waals surface area contributed by atoms with Gasteiger partial charge in [0.15, 0.2) is 5.60 Å². The monoisotopic (exact) mass is 791 g/mol. The number of aromatic nitrogens is 2. The number of carbonyl (C=O) groups excluding carboxylic acids is 4. The zero-order chi connectivity index (χ0) is 40.1. The molecule has 5 atom stereocenters. The summed E-state index contributed by atoms with van der Waals surface area (Å²) in [5, 5.41) is 2.30. The van der Waals surface area contributed by atoms with Gasteiger partial charge in [0.2, 0.25) is 13.6 Å². The number of benzene rings is 1. The van der Waals surface area contributed by atoms with Gasteiger partial charge < -0.3 is 38.5 Å². The van der Waals surface area contributed by atoms with Crippen molar-refractivity contribution in [2.45, 2.75) is 84.3 Å². The standard InChI is InChI=1S/C32H43FN3O17P/c1-19(2)50-30(41)45-17-48-54(43,49-18-46-31(42)51-20(3)4)47-16-32(15-33)25(21(5)26(53-32)36-13-12-24(37)35-28(36)39)52-27(38)22(6)34-29(40)44-14-23-10-8-7-9-11-23/h7-13,19-22,25-26H,14-18H2,1-6H3,(H,34,40)(H,35,37,39)/t21-,22-,25-,26+,32+/m0/s1. The highest BCUT2D eigenvalue weighted by atomic mass is 31.2. The van der Waals surface area contributed by atoms with Crippen molar-refractivity contribution in [1.29, 1.82) is 0 Å². The van der Waals surface area contributed by atoms with Crippen molar-refractivity contribution in [3.8, 4) is 0 Å². The van der Waals surface area contributed by atoms with Crippen LogP contribution in [0.25, 0.3) is 0 Å². The van der Waals surface area contributed by atoms with E-state index in [2.05, 4.69) is 5.32 Å². The molecule has 1 aliphatic rings. The fourth-order valence-electron chi connectivity index (χ4n) is 4.72. The van der Waals surface area contributed by atoms with Gasteiger partial charge in [-0.05, 0) is 40.2 Å². The predicted molar refractivity (Wildman–Crippen MR) is 179 cm³/mol. The molecule has 54 heavy (non-hydrogen) atoms. The Bertz CT molecular complexity index is 1710. The van der Waals surface area contributed by atoms with Crippen LogP contribution in [0.15, 0.2) is 52.2 Å². The summed E-state index contributed by atoms with van der Waals surface area (Å²) in [6.45, 7) is 3.83. The zero-order valence-corrected chi connectivity index (χ0v) is 31.1. The van der Waals surface area contributed by atoms with Gasteiger partial charge in [-0.3, -0.25) is 18.9 Å². The van der Waals surface area contributed by atoms with E-state index < -0.39 is 112 Å². The van der Waals surface area contributed by atoms with E-state index in [9.17, 15) is 33.3 Å². The van der Waals surface area contributed by atoms with Crippen molar-refractivity contribution in [2.75, 3.05) is 26.9 Å². The van der Waals surface area contributed by atoms with Gasteiger partial charge in [0.05, 0.1) is 18.8 Å². The number of hydrogen-bond donors (Lipinski definition) is 2. The first kappa shape index (κ1) is 43.6. The van der Waals surface area contributed by atoms with E-state index in [0.717, 1.165) is 16.8 Å². The van der Waals surface area contributed by atoms with Crippen LogP contribution in [0.3, 0.4) is 0 Å². The summed E-state index contributed by atoms with van der Waals surface area (Å²) < 4.78 is 81.1. The highest BCUT2D eigenvalue weighted by molar-refractivity contribution is 7.48. The number of ether oxygens (including phenoxy) is 7. The molecule has 2 N–H and O–H groups in total. The maximum atomic E-state index is 15.3. The Kier molecular flexibility index (Phi) is 16.2. The van der Waals surface area contributed by atoms with Gasteiger partial charge >= 0.3 is 37.9 Å². The van der Waals surface area contributed by atoms with E-state index >= 15 is 4.39 Å². The number of aromatic amines is 1. The van der Waals surface area contributed by atoms with Crippen LogP contribution in [0.1, 0.15) is 53.3 Å². The van der Waals surface area contributed by atoms with Crippen LogP contribution in [0.5, 0.6) is 0 Å². The van der Waals surface area contributed by atoms with Gasteiger partial charge in [0.1, 0.15) is 31.7 Å². The number of H-pyrrole nitrogens is 1. The second-order valence-corrected chi connectivity index (χ2v) is 13.9. The second kappa shape index (κ2) is 20.0. The van der Waals surface area contributed by atoms with E-state index in [1.807, 2.05) is 4.98 Å². The number of carbonyl (C=O) groups is 4. The number of alkyl carbamates (subject to hydrolysis) is 1. The summed E-state index contributed by atoms with van der Waals surface area (Å²) >= 11 is 0. The van der Waals surface area contributed by atoms with Crippen LogP contribution in [-0.4, -0.2) is 90.7 Å². The topological polar surface area (TPSA) is 245 Å². The molecule has 0 radical (unpaired) electrons. The Morgan fingerprint density at radius 1 is 0.926 bits per heavy atom. The van der Waals surface area contributed by atoms with Crippen LogP contribution >= 0.6 is 7.82 Å². The fraction of sp³-hybridized carbons (Fsp3) is 0.562. The first-order valence-electron chi connectivity index (χ1n) is 16.4. The summed E-state index contributed by atoms with van der Waals surface area (Å²) in [4.78, 5) is 76.0. The third-order valence-corrected chi connectivity index (χ3v) is 8.49. The lowest BCUT2D eigenvalue weighted by Gasteiger charge is -2.33. The molecular formula is C32H43FN3O17P. The van der Waals surface area contributed by atoms with Crippen molar-refractivity contribution in [1.82, 2.24) is 14.9 Å². The maximum Gasteiger partial charge on any atom is 0.510 e. The summed E-state index contributed by atoms with van der Waals surface area (Å²) in [6, 6.07) is 8.29. The lowest BCUT2D eigenvalue weighted by molar-refractivity contribution is -0.173. The van der Waals surface area contributed by atoms with E-state index in [4.69, 9.17) is 46.7 Å². The Morgan fingerprint density at radius 2 is 1.52 bits per heavy atom.